The molecule has 2 aromatic rings. The molecular formula is C13H12N2S. The van der Waals surface area contributed by atoms with Gasteiger partial charge in [0.25, 0.3) is 0 Å². The summed E-state index contributed by atoms with van der Waals surface area (Å²) in [6, 6.07) is 16.9. The molecule has 2 nitrogen and oxygen atoms in total. The standard InChI is InChI=1S/C13H12N2S/c1-10-7-8-13-12(9-10)14-16-15(13)11-5-3-2-4-6-11/h2-9,14H,1H3. The molecule has 1 heterocycles. The number of hydrogen-bond donors (Lipinski definition) is 1. The van der Waals surface area contributed by atoms with Crippen molar-refractivity contribution in [3.8, 4) is 0 Å². The number of nitrogens with zero attached hydrogens (tertiary/aromatic N) is 1. The zero-order valence-electron chi connectivity index (χ0n) is 8.97. The van der Waals surface area contributed by atoms with Crippen LogP contribution in [0.25, 0.3) is 0 Å². The van der Waals surface area contributed by atoms with Crippen molar-refractivity contribution in [1.82, 2.24) is 0 Å². The smallest absolute Gasteiger partial charge is 0.0782 e. The first-order chi connectivity index (χ1) is 7.84. The lowest BCUT2D eigenvalue weighted by atomic mass is 10.2. The molecule has 1 aliphatic rings. The Hall–Kier alpha value is -1.61. The van der Waals surface area contributed by atoms with Gasteiger partial charge in [0.1, 0.15) is 0 Å². The average Bonchev–Trinajstić information content (AvgIpc) is 2.73. The van der Waals surface area contributed by atoms with Gasteiger partial charge >= 0.3 is 0 Å². The molecule has 16 heavy (non-hydrogen) atoms. The molecule has 0 aromatic heterocycles. The summed E-state index contributed by atoms with van der Waals surface area (Å²) in [6.07, 6.45) is 0. The molecule has 0 saturated carbocycles. The van der Waals surface area contributed by atoms with Gasteiger partial charge in [0, 0.05) is 0 Å². The lowest BCUT2D eigenvalue weighted by molar-refractivity contribution is 1.42. The summed E-state index contributed by atoms with van der Waals surface area (Å²) in [6.45, 7) is 2.11. The molecule has 80 valence electrons. The van der Waals surface area contributed by atoms with Crippen LogP contribution in [-0.2, 0) is 0 Å². The number of benzene rings is 2. The SMILES string of the molecule is Cc1ccc2c(c1)NSN2c1ccccc1. The highest BCUT2D eigenvalue weighted by Gasteiger charge is 2.20. The van der Waals surface area contributed by atoms with E-state index < -0.39 is 0 Å². The highest BCUT2D eigenvalue weighted by molar-refractivity contribution is 8.02. The molecule has 0 amide bonds. The van der Waals surface area contributed by atoms with Crippen molar-refractivity contribution >= 4 is 29.2 Å². The first-order valence-corrected chi connectivity index (χ1v) is 6.01. The third kappa shape index (κ3) is 1.53. The second kappa shape index (κ2) is 3.76. The Morgan fingerprint density at radius 3 is 2.69 bits per heavy atom. The van der Waals surface area contributed by atoms with Crippen LogP contribution in [-0.4, -0.2) is 0 Å². The quantitative estimate of drug-likeness (QED) is 0.739. The average molecular weight is 228 g/mol. The van der Waals surface area contributed by atoms with E-state index in [0.717, 1.165) is 0 Å². The molecular weight excluding hydrogens is 216 g/mol. The minimum absolute atomic E-state index is 1.19. The summed E-state index contributed by atoms with van der Waals surface area (Å²) in [4.78, 5) is 0. The first kappa shape index (κ1) is 9.60. The van der Waals surface area contributed by atoms with Crippen molar-refractivity contribution < 1.29 is 0 Å². The zero-order chi connectivity index (χ0) is 11.0. The van der Waals surface area contributed by atoms with Gasteiger partial charge in [0.15, 0.2) is 0 Å². The van der Waals surface area contributed by atoms with Crippen molar-refractivity contribution in [1.29, 1.82) is 0 Å². The Labute approximate surface area is 99.6 Å². The molecule has 0 atom stereocenters. The van der Waals surface area contributed by atoms with Gasteiger partial charge in [-0.25, -0.2) is 0 Å². The van der Waals surface area contributed by atoms with E-state index in [-0.39, 0.29) is 0 Å². The van der Waals surface area contributed by atoms with Gasteiger partial charge in [-0.2, -0.15) is 0 Å². The number of anilines is 3. The third-order valence-corrected chi connectivity index (χ3v) is 3.51. The molecule has 2 aromatic carbocycles. The predicted molar refractivity (Wildman–Crippen MR) is 71.0 cm³/mol. The Balaban J connectivity index is 2.04. The first-order valence-electron chi connectivity index (χ1n) is 5.23. The highest BCUT2D eigenvalue weighted by atomic mass is 32.2. The van der Waals surface area contributed by atoms with Gasteiger partial charge in [-0.1, -0.05) is 24.3 Å². The second-order valence-electron chi connectivity index (χ2n) is 3.84. The molecule has 0 spiro atoms. The van der Waals surface area contributed by atoms with E-state index in [1.54, 1.807) is 12.1 Å². The highest BCUT2D eigenvalue weighted by Crippen LogP contribution is 2.44. The number of para-hydroxylation sites is 1. The number of aryl methyl sites for hydroxylation is 1. The maximum absolute atomic E-state index is 3.33. The van der Waals surface area contributed by atoms with Crippen LogP contribution in [0.2, 0.25) is 0 Å². The summed E-state index contributed by atoms with van der Waals surface area (Å²) < 4.78 is 5.54. The zero-order valence-corrected chi connectivity index (χ0v) is 9.79. The fourth-order valence-electron chi connectivity index (χ4n) is 1.81. The van der Waals surface area contributed by atoms with Crippen LogP contribution in [0.15, 0.2) is 48.5 Å². The third-order valence-electron chi connectivity index (χ3n) is 2.61. The number of nitrogens with one attached hydrogen (secondary N) is 1. The second-order valence-corrected chi connectivity index (χ2v) is 4.60. The molecule has 0 bridgehead atoms. The van der Waals surface area contributed by atoms with Gasteiger partial charge in [0.05, 0.1) is 29.2 Å². The Morgan fingerprint density at radius 2 is 1.88 bits per heavy atom. The molecule has 1 N–H and O–H groups in total. The van der Waals surface area contributed by atoms with Gasteiger partial charge in [-0.3, -0.25) is 4.31 Å². The normalized spacial score (nSPS) is 13.4. The maximum atomic E-state index is 3.33. The van der Waals surface area contributed by atoms with Crippen LogP contribution < -0.4 is 9.03 Å². The fourth-order valence-corrected chi connectivity index (χ4v) is 2.65. The fraction of sp³-hybridized carbons (Fsp3) is 0.0769. The maximum Gasteiger partial charge on any atom is 0.0782 e. The van der Waals surface area contributed by atoms with Crippen molar-refractivity contribution in [2.24, 2.45) is 0 Å². The van der Waals surface area contributed by atoms with Crippen LogP contribution in [0.5, 0.6) is 0 Å². The van der Waals surface area contributed by atoms with Crippen molar-refractivity contribution in [2.45, 2.75) is 6.92 Å². The van der Waals surface area contributed by atoms with E-state index in [2.05, 4.69) is 58.4 Å². The number of hydrogen-bond acceptors (Lipinski definition) is 3. The molecule has 0 saturated heterocycles. The van der Waals surface area contributed by atoms with Crippen LogP contribution in [0.1, 0.15) is 5.56 Å². The summed E-state index contributed by atoms with van der Waals surface area (Å²) in [7, 11) is 0. The van der Waals surface area contributed by atoms with Crippen LogP contribution in [0, 0.1) is 6.92 Å². The molecule has 0 unspecified atom stereocenters. The Bertz CT molecular complexity index is 511. The van der Waals surface area contributed by atoms with E-state index in [0.29, 0.717) is 0 Å². The van der Waals surface area contributed by atoms with Gasteiger partial charge < -0.3 is 4.72 Å². The van der Waals surface area contributed by atoms with E-state index >= 15 is 0 Å². The minimum Gasteiger partial charge on any atom is -0.310 e. The predicted octanol–water partition coefficient (Wildman–Crippen LogP) is 4.12. The largest absolute Gasteiger partial charge is 0.310 e. The summed E-state index contributed by atoms with van der Waals surface area (Å²) >= 11 is 1.62. The van der Waals surface area contributed by atoms with E-state index in [1.165, 1.54) is 22.6 Å². The van der Waals surface area contributed by atoms with Gasteiger partial charge in [-0.05, 0) is 36.8 Å². The summed E-state index contributed by atoms with van der Waals surface area (Å²) in [5.41, 5.74) is 4.89. The molecule has 1 aliphatic heterocycles. The van der Waals surface area contributed by atoms with Crippen molar-refractivity contribution in [3.05, 3.63) is 54.1 Å². The lowest BCUT2D eigenvalue weighted by Crippen LogP contribution is -2.01. The number of rotatable bonds is 1. The van der Waals surface area contributed by atoms with Crippen LogP contribution in [0.3, 0.4) is 0 Å². The molecule has 3 heteroatoms. The summed E-state index contributed by atoms with van der Waals surface area (Å²) in [5, 5.41) is 0. The lowest BCUT2D eigenvalue weighted by Gasteiger charge is -2.15. The van der Waals surface area contributed by atoms with Crippen molar-refractivity contribution in [3.63, 3.8) is 0 Å². The van der Waals surface area contributed by atoms with Gasteiger partial charge in [-0.15, -0.1) is 0 Å². The minimum atomic E-state index is 1.19. The van der Waals surface area contributed by atoms with Crippen molar-refractivity contribution in [2.75, 3.05) is 9.03 Å². The Kier molecular flexibility index (Phi) is 2.26. The topological polar surface area (TPSA) is 15.3 Å². The summed E-state index contributed by atoms with van der Waals surface area (Å²) in [5.74, 6) is 0. The van der Waals surface area contributed by atoms with E-state index in [1.807, 2.05) is 6.07 Å². The molecule has 0 radical (unpaired) electrons. The number of fused-ring (bicyclic) bond motifs is 1. The van der Waals surface area contributed by atoms with Crippen LogP contribution >= 0.6 is 12.1 Å². The molecule has 0 aliphatic carbocycles. The monoisotopic (exact) mass is 228 g/mol. The van der Waals surface area contributed by atoms with Crippen LogP contribution in [0.4, 0.5) is 17.1 Å². The van der Waals surface area contributed by atoms with E-state index in [4.69, 9.17) is 0 Å². The van der Waals surface area contributed by atoms with Gasteiger partial charge in [0.2, 0.25) is 0 Å². The van der Waals surface area contributed by atoms with E-state index in [9.17, 15) is 0 Å². The Morgan fingerprint density at radius 1 is 1.06 bits per heavy atom. The molecule has 0 fully saturated rings. The molecule has 3 rings (SSSR count).